The van der Waals surface area contributed by atoms with E-state index in [0.717, 1.165) is 11.1 Å². The van der Waals surface area contributed by atoms with Crippen molar-refractivity contribution >= 4 is 22.7 Å². The minimum Gasteiger partial charge on any atom is -0.396 e. The van der Waals surface area contributed by atoms with E-state index < -0.39 is 0 Å². The predicted octanol–water partition coefficient (Wildman–Crippen LogP) is 1.97. The fraction of sp³-hybridized carbons (Fsp3) is 0. The number of thiophene rings is 1. The molecule has 0 spiro atoms. The molecule has 2 aromatic heterocycles. The second-order valence-corrected chi connectivity index (χ2v) is 3.48. The first-order chi connectivity index (χ1) is 6.29. The van der Waals surface area contributed by atoms with Crippen LogP contribution in [-0.4, -0.2) is 4.98 Å². The summed E-state index contributed by atoms with van der Waals surface area (Å²) in [4.78, 5) is 4.00. The molecule has 0 aliphatic carbocycles. The second-order valence-electron chi connectivity index (χ2n) is 2.70. The Kier molecular flexibility index (Phi) is 1.90. The lowest BCUT2D eigenvalue weighted by molar-refractivity contribution is 1.34. The molecule has 0 saturated heterocycles. The molecule has 4 N–H and O–H groups in total. The zero-order valence-corrected chi connectivity index (χ0v) is 7.71. The molecule has 0 radical (unpaired) electrons. The number of nitrogens with two attached hydrogens (primary N) is 2. The number of aromatic nitrogens is 1. The predicted molar refractivity (Wildman–Crippen MR) is 56.4 cm³/mol. The molecule has 0 aliphatic rings. The highest BCUT2D eigenvalue weighted by atomic mass is 32.1. The molecule has 66 valence electrons. The van der Waals surface area contributed by atoms with Gasteiger partial charge < -0.3 is 11.5 Å². The molecule has 2 rings (SSSR count). The molecule has 0 atom stereocenters. The van der Waals surface area contributed by atoms with Gasteiger partial charge in [-0.1, -0.05) is 0 Å². The van der Waals surface area contributed by atoms with Gasteiger partial charge in [0.2, 0.25) is 0 Å². The van der Waals surface area contributed by atoms with E-state index in [1.54, 1.807) is 23.7 Å². The topological polar surface area (TPSA) is 64.9 Å². The first-order valence-electron chi connectivity index (χ1n) is 3.80. The maximum absolute atomic E-state index is 5.81. The lowest BCUT2D eigenvalue weighted by atomic mass is 10.1. The van der Waals surface area contributed by atoms with Gasteiger partial charge in [0.15, 0.2) is 0 Å². The van der Waals surface area contributed by atoms with Crippen molar-refractivity contribution < 1.29 is 0 Å². The summed E-state index contributed by atoms with van der Waals surface area (Å²) >= 11 is 1.62. The van der Waals surface area contributed by atoms with Crippen LogP contribution in [0.5, 0.6) is 0 Å². The Morgan fingerprint density at radius 3 is 2.77 bits per heavy atom. The Hall–Kier alpha value is -1.55. The molecule has 13 heavy (non-hydrogen) atoms. The van der Waals surface area contributed by atoms with E-state index in [-0.39, 0.29) is 0 Å². The molecule has 0 amide bonds. The maximum atomic E-state index is 5.81. The van der Waals surface area contributed by atoms with Gasteiger partial charge in [-0.2, -0.15) is 11.3 Å². The molecule has 0 saturated carbocycles. The third-order valence-electron chi connectivity index (χ3n) is 1.85. The van der Waals surface area contributed by atoms with Crippen molar-refractivity contribution in [2.75, 3.05) is 11.5 Å². The highest BCUT2D eigenvalue weighted by Crippen LogP contribution is 2.29. The zero-order chi connectivity index (χ0) is 9.26. The summed E-state index contributed by atoms with van der Waals surface area (Å²) in [5, 5.41) is 4.02. The monoisotopic (exact) mass is 191 g/mol. The number of pyridine rings is 1. The Morgan fingerprint density at radius 1 is 1.23 bits per heavy atom. The van der Waals surface area contributed by atoms with E-state index in [0.29, 0.717) is 11.4 Å². The Bertz CT molecular complexity index is 409. The molecule has 0 unspecified atom stereocenters. The average molecular weight is 191 g/mol. The molecule has 2 heterocycles. The number of hydrogen-bond donors (Lipinski definition) is 2. The highest BCUT2D eigenvalue weighted by Gasteiger charge is 2.05. The molecule has 0 aromatic carbocycles. The molecule has 0 bridgehead atoms. The summed E-state index contributed by atoms with van der Waals surface area (Å²) in [6.07, 6.45) is 3.29. The van der Waals surface area contributed by atoms with E-state index >= 15 is 0 Å². The van der Waals surface area contributed by atoms with Crippen molar-refractivity contribution in [3.05, 3.63) is 29.2 Å². The van der Waals surface area contributed by atoms with E-state index in [4.69, 9.17) is 11.5 Å². The lowest BCUT2D eigenvalue weighted by Crippen LogP contribution is -1.97. The van der Waals surface area contributed by atoms with Crippen molar-refractivity contribution in [1.29, 1.82) is 0 Å². The third-order valence-corrected chi connectivity index (χ3v) is 2.53. The van der Waals surface area contributed by atoms with Crippen LogP contribution in [0, 0.1) is 0 Å². The van der Waals surface area contributed by atoms with Crippen molar-refractivity contribution in [2.24, 2.45) is 0 Å². The summed E-state index contributed by atoms with van der Waals surface area (Å²) in [5.74, 6) is 0. The van der Waals surface area contributed by atoms with E-state index in [2.05, 4.69) is 4.98 Å². The normalized spacial score (nSPS) is 10.2. The number of rotatable bonds is 1. The zero-order valence-electron chi connectivity index (χ0n) is 6.90. The van der Waals surface area contributed by atoms with E-state index in [1.807, 2.05) is 16.8 Å². The summed E-state index contributed by atoms with van der Waals surface area (Å²) in [6, 6.07) is 2.00. The standard InChI is InChI=1S/C9H9N3S/c10-8-4-12-3-7(9(8)11)6-1-2-13-5-6/h1-5H,10H2,(H2,11,12). The molecular formula is C9H9N3S. The highest BCUT2D eigenvalue weighted by molar-refractivity contribution is 7.08. The molecule has 2 aromatic rings. The van der Waals surface area contributed by atoms with Crippen LogP contribution in [0.15, 0.2) is 29.2 Å². The molecule has 0 aliphatic heterocycles. The van der Waals surface area contributed by atoms with Crippen molar-refractivity contribution in [3.8, 4) is 11.1 Å². The van der Waals surface area contributed by atoms with Crippen molar-refractivity contribution in [2.45, 2.75) is 0 Å². The largest absolute Gasteiger partial charge is 0.396 e. The van der Waals surface area contributed by atoms with Crippen molar-refractivity contribution in [1.82, 2.24) is 4.98 Å². The van der Waals surface area contributed by atoms with Gasteiger partial charge in [0, 0.05) is 11.8 Å². The lowest BCUT2D eigenvalue weighted by Gasteiger charge is -2.04. The first-order valence-corrected chi connectivity index (χ1v) is 4.75. The SMILES string of the molecule is Nc1cncc(-c2ccsc2)c1N. The van der Waals surface area contributed by atoms with Gasteiger partial charge in [-0.15, -0.1) is 0 Å². The van der Waals surface area contributed by atoms with Gasteiger partial charge in [-0.05, 0) is 22.4 Å². The van der Waals surface area contributed by atoms with E-state index in [1.165, 1.54) is 0 Å². The number of anilines is 2. The average Bonchev–Trinajstić information content (AvgIpc) is 2.62. The Morgan fingerprint density at radius 2 is 2.08 bits per heavy atom. The Labute approximate surface area is 80.0 Å². The van der Waals surface area contributed by atoms with Crippen LogP contribution in [0.1, 0.15) is 0 Å². The van der Waals surface area contributed by atoms with Gasteiger partial charge in [-0.25, -0.2) is 0 Å². The summed E-state index contributed by atoms with van der Waals surface area (Å²) in [7, 11) is 0. The maximum Gasteiger partial charge on any atom is 0.0740 e. The summed E-state index contributed by atoms with van der Waals surface area (Å²) < 4.78 is 0. The van der Waals surface area contributed by atoms with Gasteiger partial charge in [-0.3, -0.25) is 4.98 Å². The minimum atomic E-state index is 0.531. The van der Waals surface area contributed by atoms with Crippen LogP contribution < -0.4 is 11.5 Å². The van der Waals surface area contributed by atoms with Crippen LogP contribution in [0.2, 0.25) is 0 Å². The fourth-order valence-corrected chi connectivity index (χ4v) is 1.79. The van der Waals surface area contributed by atoms with Gasteiger partial charge in [0.05, 0.1) is 17.6 Å². The second kappa shape index (κ2) is 3.06. The number of nitrogen functional groups attached to an aromatic ring is 2. The van der Waals surface area contributed by atoms with Crippen LogP contribution in [0.3, 0.4) is 0 Å². The van der Waals surface area contributed by atoms with E-state index in [9.17, 15) is 0 Å². The molecule has 0 fully saturated rings. The molecular weight excluding hydrogens is 182 g/mol. The Balaban J connectivity index is 2.59. The number of hydrogen-bond acceptors (Lipinski definition) is 4. The fourth-order valence-electron chi connectivity index (χ4n) is 1.13. The first kappa shape index (κ1) is 8.07. The molecule has 3 nitrogen and oxygen atoms in total. The summed E-state index contributed by atoms with van der Waals surface area (Å²) in [5.41, 5.74) is 14.6. The van der Waals surface area contributed by atoms with Gasteiger partial charge in [0.25, 0.3) is 0 Å². The third kappa shape index (κ3) is 1.36. The van der Waals surface area contributed by atoms with Crippen LogP contribution in [0.4, 0.5) is 11.4 Å². The van der Waals surface area contributed by atoms with Crippen molar-refractivity contribution in [3.63, 3.8) is 0 Å². The summed E-state index contributed by atoms with van der Waals surface area (Å²) in [6.45, 7) is 0. The van der Waals surface area contributed by atoms with Crippen LogP contribution in [-0.2, 0) is 0 Å². The smallest absolute Gasteiger partial charge is 0.0740 e. The van der Waals surface area contributed by atoms with Crippen LogP contribution >= 0.6 is 11.3 Å². The number of nitrogens with zero attached hydrogens (tertiary/aromatic N) is 1. The van der Waals surface area contributed by atoms with Gasteiger partial charge >= 0.3 is 0 Å². The van der Waals surface area contributed by atoms with Crippen LogP contribution in [0.25, 0.3) is 11.1 Å². The van der Waals surface area contributed by atoms with Gasteiger partial charge in [0.1, 0.15) is 0 Å². The minimum absolute atomic E-state index is 0.531. The quantitative estimate of drug-likeness (QED) is 0.724. The molecule has 4 heteroatoms.